The molecule has 0 radical (unpaired) electrons. The Kier molecular flexibility index (Phi) is 3.97. The Morgan fingerprint density at radius 2 is 2.09 bits per heavy atom. The van der Waals surface area contributed by atoms with Crippen LogP contribution in [0.2, 0.25) is 0 Å². The van der Waals surface area contributed by atoms with Crippen molar-refractivity contribution in [3.63, 3.8) is 0 Å². The van der Waals surface area contributed by atoms with Crippen LogP contribution in [0.1, 0.15) is 35.3 Å². The molecular weight excluding hydrogens is 322 g/mol. The number of hydrogen-bond donors (Lipinski definition) is 1. The number of anilines is 1. The number of hydrogen-bond acceptors (Lipinski definition) is 5. The van der Waals surface area contributed by atoms with Crippen LogP contribution in [-0.4, -0.2) is 26.6 Å². The van der Waals surface area contributed by atoms with Gasteiger partial charge in [0, 0.05) is 23.8 Å². The summed E-state index contributed by atoms with van der Waals surface area (Å²) < 4.78 is 22.4. The highest BCUT2D eigenvalue weighted by Gasteiger charge is 2.36. The summed E-state index contributed by atoms with van der Waals surface area (Å²) in [6.07, 6.45) is 4.19. The number of sulfonamides is 1. The van der Waals surface area contributed by atoms with Crippen LogP contribution in [0.4, 0.5) is 5.00 Å². The zero-order valence-corrected chi connectivity index (χ0v) is 13.7. The molecule has 1 aliphatic heterocycles. The van der Waals surface area contributed by atoms with Crippen LogP contribution in [-0.2, 0) is 27.7 Å². The average molecular weight is 339 g/mol. The first kappa shape index (κ1) is 15.5. The summed E-state index contributed by atoms with van der Waals surface area (Å²) in [6.45, 7) is 0.323. The van der Waals surface area contributed by atoms with Crippen molar-refractivity contribution in [2.45, 2.75) is 32.1 Å². The van der Waals surface area contributed by atoms with Crippen molar-refractivity contribution >= 4 is 32.3 Å². The molecule has 0 bridgehead atoms. The van der Waals surface area contributed by atoms with Crippen LogP contribution in [0.3, 0.4) is 0 Å². The number of carbonyl (C=O) groups is 1. The number of carbonyl (C=O) groups excluding carboxylic acids is 1. The highest BCUT2D eigenvalue weighted by molar-refractivity contribution is 7.89. The molecule has 1 aromatic rings. The van der Waals surface area contributed by atoms with Gasteiger partial charge in [-0.2, -0.15) is 5.26 Å². The first-order valence-corrected chi connectivity index (χ1v) is 9.77. The summed E-state index contributed by atoms with van der Waals surface area (Å²) in [6, 6.07) is 2.24. The average Bonchev–Trinajstić information content (AvgIpc) is 2.96. The molecule has 22 heavy (non-hydrogen) atoms. The van der Waals surface area contributed by atoms with Crippen LogP contribution >= 0.6 is 11.3 Å². The van der Waals surface area contributed by atoms with Gasteiger partial charge < -0.3 is 4.90 Å². The van der Waals surface area contributed by atoms with Crippen molar-refractivity contribution in [3.05, 3.63) is 16.0 Å². The summed E-state index contributed by atoms with van der Waals surface area (Å²) >= 11 is 1.51. The van der Waals surface area contributed by atoms with E-state index in [1.54, 1.807) is 4.90 Å². The molecule has 2 aliphatic rings. The summed E-state index contributed by atoms with van der Waals surface area (Å²) in [5, 5.41) is 15.2. The molecule has 1 fully saturated rings. The van der Waals surface area contributed by atoms with Crippen LogP contribution in [0.5, 0.6) is 0 Å². The van der Waals surface area contributed by atoms with Crippen LogP contribution in [0.15, 0.2) is 0 Å². The Balaban J connectivity index is 1.90. The third-order valence-corrected chi connectivity index (χ3v) is 6.43. The number of nitrogens with zero attached hydrogens (tertiary/aromatic N) is 2. The number of aryl methyl sites for hydroxylation is 1. The fourth-order valence-electron chi connectivity index (χ4n) is 3.27. The van der Waals surface area contributed by atoms with Crippen molar-refractivity contribution in [1.29, 1.82) is 5.26 Å². The highest BCUT2D eigenvalue weighted by Crippen LogP contribution is 2.41. The molecule has 0 saturated carbocycles. The molecular formula is C14H17N3O3S2. The minimum atomic E-state index is -3.60. The zero-order valence-electron chi connectivity index (χ0n) is 12.0. The lowest BCUT2D eigenvalue weighted by molar-refractivity contribution is -0.117. The summed E-state index contributed by atoms with van der Waals surface area (Å²) in [5.74, 6) is -0.612. The van der Waals surface area contributed by atoms with Gasteiger partial charge in [-0.3, -0.25) is 4.79 Å². The Bertz CT molecular complexity index is 761. The number of amides is 1. The second-order valence-corrected chi connectivity index (χ2v) is 8.65. The van der Waals surface area contributed by atoms with E-state index in [2.05, 4.69) is 6.07 Å². The molecule has 8 heteroatoms. The maximum absolute atomic E-state index is 12.2. The lowest BCUT2D eigenvalue weighted by Gasteiger charge is -2.15. The molecule has 0 aromatic carbocycles. The summed E-state index contributed by atoms with van der Waals surface area (Å²) in [4.78, 5) is 15.0. The third kappa shape index (κ3) is 2.89. The van der Waals surface area contributed by atoms with Crippen molar-refractivity contribution in [1.82, 2.24) is 0 Å². The van der Waals surface area contributed by atoms with Gasteiger partial charge in [-0.1, -0.05) is 0 Å². The molecule has 0 spiro atoms. The molecule has 118 valence electrons. The van der Waals surface area contributed by atoms with Gasteiger partial charge in [0.05, 0.1) is 11.3 Å². The molecule has 1 amide bonds. The lowest BCUT2D eigenvalue weighted by atomic mass is 9.96. The van der Waals surface area contributed by atoms with E-state index in [1.165, 1.54) is 16.2 Å². The highest BCUT2D eigenvalue weighted by atomic mass is 32.2. The Morgan fingerprint density at radius 3 is 2.77 bits per heavy atom. The largest absolute Gasteiger partial charge is 0.302 e. The predicted molar refractivity (Wildman–Crippen MR) is 84.1 cm³/mol. The predicted octanol–water partition coefficient (Wildman–Crippen LogP) is 1.14. The van der Waals surface area contributed by atoms with Crippen LogP contribution in [0, 0.1) is 17.2 Å². The van der Waals surface area contributed by atoms with Gasteiger partial charge in [-0.05, 0) is 31.2 Å². The second-order valence-electron chi connectivity index (χ2n) is 5.91. The smallest absolute Gasteiger partial charge is 0.228 e. The van der Waals surface area contributed by atoms with Gasteiger partial charge >= 0.3 is 0 Å². The number of fused-ring (bicyclic) bond motifs is 1. The normalized spacial score (nSPS) is 21.7. The van der Waals surface area contributed by atoms with Crippen molar-refractivity contribution in [2.24, 2.45) is 11.1 Å². The Morgan fingerprint density at radius 1 is 1.36 bits per heavy atom. The quantitative estimate of drug-likeness (QED) is 0.891. The second kappa shape index (κ2) is 5.65. The van der Waals surface area contributed by atoms with Crippen LogP contribution < -0.4 is 10.0 Å². The van der Waals surface area contributed by atoms with Gasteiger partial charge in [0.2, 0.25) is 15.9 Å². The molecule has 2 heterocycles. The Hall–Kier alpha value is -1.43. The minimum absolute atomic E-state index is 0.122. The van der Waals surface area contributed by atoms with Crippen molar-refractivity contribution in [3.8, 4) is 6.07 Å². The number of nitriles is 1. The molecule has 1 atom stereocenters. The lowest BCUT2D eigenvalue weighted by Crippen LogP contribution is -2.27. The Labute approximate surface area is 133 Å². The maximum atomic E-state index is 12.2. The van der Waals surface area contributed by atoms with Crippen LogP contribution in [0.25, 0.3) is 0 Å². The molecule has 6 nitrogen and oxygen atoms in total. The van der Waals surface area contributed by atoms with E-state index in [-0.39, 0.29) is 24.0 Å². The number of primary sulfonamides is 1. The number of rotatable bonds is 3. The number of thiophene rings is 1. The molecule has 1 unspecified atom stereocenters. The molecule has 1 saturated heterocycles. The number of nitrogens with two attached hydrogens (primary N) is 1. The van der Waals surface area contributed by atoms with Gasteiger partial charge in [0.25, 0.3) is 0 Å². The SMILES string of the molecule is N#Cc1c(N2CC(CS(N)(=O)=O)CC2=O)sc2c1CCCC2. The van der Waals surface area contributed by atoms with E-state index in [0.717, 1.165) is 31.2 Å². The fourth-order valence-corrected chi connectivity index (χ4v) is 5.52. The van der Waals surface area contributed by atoms with Gasteiger partial charge in [0.15, 0.2) is 0 Å². The summed E-state index contributed by atoms with van der Waals surface area (Å²) in [5.41, 5.74) is 1.68. The fraction of sp³-hybridized carbons (Fsp3) is 0.571. The molecule has 2 N–H and O–H groups in total. The van der Waals surface area contributed by atoms with E-state index in [4.69, 9.17) is 5.14 Å². The first-order chi connectivity index (χ1) is 10.4. The first-order valence-electron chi connectivity index (χ1n) is 7.24. The zero-order chi connectivity index (χ0) is 15.9. The topological polar surface area (TPSA) is 104 Å². The van der Waals surface area contributed by atoms with E-state index < -0.39 is 10.0 Å². The van der Waals surface area contributed by atoms with Crippen molar-refractivity contribution in [2.75, 3.05) is 17.2 Å². The van der Waals surface area contributed by atoms with E-state index in [0.29, 0.717) is 17.1 Å². The molecule has 1 aliphatic carbocycles. The standard InChI is InChI=1S/C14H17N3O3S2/c15-6-11-10-3-1-2-4-12(10)21-14(11)17-7-9(5-13(17)18)8-22(16,19)20/h9H,1-5,7-8H2,(H2,16,19,20). The maximum Gasteiger partial charge on any atom is 0.228 e. The summed E-state index contributed by atoms with van der Waals surface area (Å²) in [7, 11) is -3.60. The van der Waals surface area contributed by atoms with E-state index in [9.17, 15) is 18.5 Å². The molecule has 3 rings (SSSR count). The van der Waals surface area contributed by atoms with Gasteiger partial charge in [0.1, 0.15) is 11.1 Å². The van der Waals surface area contributed by atoms with E-state index in [1.807, 2.05) is 0 Å². The van der Waals surface area contributed by atoms with Crippen molar-refractivity contribution < 1.29 is 13.2 Å². The third-order valence-electron chi connectivity index (χ3n) is 4.18. The van der Waals surface area contributed by atoms with E-state index >= 15 is 0 Å². The molecule has 1 aromatic heterocycles. The monoisotopic (exact) mass is 339 g/mol. The minimum Gasteiger partial charge on any atom is -0.302 e. The van der Waals surface area contributed by atoms with Gasteiger partial charge in [-0.15, -0.1) is 11.3 Å². The van der Waals surface area contributed by atoms with Gasteiger partial charge in [-0.25, -0.2) is 13.6 Å².